The molecule has 2 rings (SSSR count). The van der Waals surface area contributed by atoms with Gasteiger partial charge in [0.25, 0.3) is 0 Å². The summed E-state index contributed by atoms with van der Waals surface area (Å²) < 4.78 is 0. The lowest BCUT2D eigenvalue weighted by molar-refractivity contribution is 0.541. The first kappa shape index (κ1) is 10.8. The normalized spacial score (nSPS) is 21.2. The largest absolute Gasteiger partial charge is 0.385 e. The highest BCUT2D eigenvalue weighted by Crippen LogP contribution is 2.11. The van der Waals surface area contributed by atoms with Crippen molar-refractivity contribution in [2.24, 2.45) is 0 Å². The van der Waals surface area contributed by atoms with Crippen molar-refractivity contribution in [1.82, 2.24) is 5.32 Å². The molecular weight excluding hydrogens is 204 g/mol. The summed E-state index contributed by atoms with van der Waals surface area (Å²) in [5.41, 5.74) is 1.22. The number of hydrogen-bond donors (Lipinski definition) is 2. The highest BCUT2D eigenvalue weighted by atomic mass is 32.2. The van der Waals surface area contributed by atoms with Crippen LogP contribution in [0.15, 0.2) is 30.3 Å². The van der Waals surface area contributed by atoms with Crippen LogP contribution >= 0.6 is 11.8 Å². The Balaban J connectivity index is 1.66. The van der Waals surface area contributed by atoms with E-state index in [0.717, 1.165) is 6.54 Å². The fourth-order valence-corrected chi connectivity index (χ4v) is 2.75. The fourth-order valence-electron chi connectivity index (χ4n) is 1.75. The third-order valence-corrected chi connectivity index (χ3v) is 3.73. The fraction of sp³-hybridized carbons (Fsp3) is 0.500. The van der Waals surface area contributed by atoms with Crippen molar-refractivity contribution in [3.05, 3.63) is 30.3 Å². The summed E-state index contributed by atoms with van der Waals surface area (Å²) in [5.74, 6) is 2.53. The predicted octanol–water partition coefficient (Wildman–Crippen LogP) is 2.19. The molecule has 3 heteroatoms. The molecule has 0 amide bonds. The van der Waals surface area contributed by atoms with Crippen LogP contribution in [0.2, 0.25) is 0 Å². The molecule has 1 unspecified atom stereocenters. The predicted molar refractivity (Wildman–Crippen MR) is 68.7 cm³/mol. The number of thioether (sulfide) groups is 1. The van der Waals surface area contributed by atoms with E-state index in [1.807, 2.05) is 6.07 Å². The Bertz CT molecular complexity index is 270. The molecule has 1 aliphatic heterocycles. The van der Waals surface area contributed by atoms with Gasteiger partial charge in [-0.15, -0.1) is 0 Å². The molecule has 1 atom stereocenters. The summed E-state index contributed by atoms with van der Waals surface area (Å²) in [6.07, 6.45) is 1.21. The first-order valence-corrected chi connectivity index (χ1v) is 6.71. The van der Waals surface area contributed by atoms with Crippen LogP contribution in [0, 0.1) is 0 Å². The molecule has 1 aliphatic rings. The summed E-state index contributed by atoms with van der Waals surface area (Å²) in [4.78, 5) is 0. The molecule has 0 spiro atoms. The van der Waals surface area contributed by atoms with Gasteiger partial charge >= 0.3 is 0 Å². The minimum absolute atomic E-state index is 0.694. The summed E-state index contributed by atoms with van der Waals surface area (Å²) in [6.45, 7) is 2.23. The highest BCUT2D eigenvalue weighted by Gasteiger charge is 2.11. The van der Waals surface area contributed by atoms with E-state index in [-0.39, 0.29) is 0 Å². The smallest absolute Gasteiger partial charge is 0.0340 e. The van der Waals surface area contributed by atoms with E-state index in [0.29, 0.717) is 6.04 Å². The quantitative estimate of drug-likeness (QED) is 0.816. The third kappa shape index (κ3) is 3.76. The molecule has 0 saturated carbocycles. The van der Waals surface area contributed by atoms with Gasteiger partial charge in [-0.05, 0) is 18.6 Å². The number of anilines is 1. The lowest BCUT2D eigenvalue weighted by Crippen LogP contribution is -2.38. The van der Waals surface area contributed by atoms with Crippen molar-refractivity contribution < 1.29 is 0 Å². The van der Waals surface area contributed by atoms with Gasteiger partial charge in [0.2, 0.25) is 0 Å². The Labute approximate surface area is 95.8 Å². The topological polar surface area (TPSA) is 24.1 Å². The van der Waals surface area contributed by atoms with Gasteiger partial charge in [-0.25, -0.2) is 0 Å². The molecule has 1 aromatic carbocycles. The first-order valence-electron chi connectivity index (χ1n) is 5.55. The van der Waals surface area contributed by atoms with Gasteiger partial charge in [0.15, 0.2) is 0 Å². The zero-order valence-electron chi connectivity index (χ0n) is 8.91. The Kier molecular flexibility index (Phi) is 4.36. The van der Waals surface area contributed by atoms with Gasteiger partial charge in [-0.2, -0.15) is 11.8 Å². The van der Waals surface area contributed by atoms with Crippen LogP contribution in [0.4, 0.5) is 5.69 Å². The van der Waals surface area contributed by atoms with Crippen molar-refractivity contribution in [2.45, 2.75) is 12.5 Å². The van der Waals surface area contributed by atoms with Crippen LogP contribution in [-0.2, 0) is 0 Å². The van der Waals surface area contributed by atoms with Crippen molar-refractivity contribution in [1.29, 1.82) is 0 Å². The van der Waals surface area contributed by atoms with Gasteiger partial charge in [0.05, 0.1) is 0 Å². The maximum Gasteiger partial charge on any atom is 0.0340 e. The van der Waals surface area contributed by atoms with Crippen molar-refractivity contribution in [3.63, 3.8) is 0 Å². The lowest BCUT2D eigenvalue weighted by Gasteiger charge is -2.23. The maximum atomic E-state index is 3.54. The molecule has 1 heterocycles. The Hall–Kier alpha value is -0.670. The van der Waals surface area contributed by atoms with E-state index in [4.69, 9.17) is 0 Å². The number of nitrogens with one attached hydrogen (secondary N) is 2. The Morgan fingerprint density at radius 1 is 1.33 bits per heavy atom. The molecule has 15 heavy (non-hydrogen) atoms. The second kappa shape index (κ2) is 6.03. The molecule has 0 aromatic heterocycles. The Morgan fingerprint density at radius 3 is 2.93 bits per heavy atom. The lowest BCUT2D eigenvalue weighted by atomic mass is 10.2. The number of rotatable bonds is 4. The minimum atomic E-state index is 0.694. The number of para-hydroxylation sites is 1. The molecular formula is C12H18N2S. The molecule has 82 valence electrons. The average molecular weight is 222 g/mol. The monoisotopic (exact) mass is 222 g/mol. The van der Waals surface area contributed by atoms with Crippen LogP contribution in [-0.4, -0.2) is 30.6 Å². The van der Waals surface area contributed by atoms with Gasteiger partial charge in [0.1, 0.15) is 0 Å². The zero-order chi connectivity index (χ0) is 10.3. The van der Waals surface area contributed by atoms with Crippen LogP contribution < -0.4 is 10.6 Å². The third-order valence-electron chi connectivity index (χ3n) is 2.59. The second-order valence-corrected chi connectivity index (χ2v) is 4.96. The minimum Gasteiger partial charge on any atom is -0.385 e. The summed E-state index contributed by atoms with van der Waals surface area (Å²) in [7, 11) is 0. The molecule has 1 fully saturated rings. The van der Waals surface area contributed by atoms with Crippen LogP contribution in [0.25, 0.3) is 0 Å². The van der Waals surface area contributed by atoms with E-state index in [1.54, 1.807) is 0 Å². The summed E-state index contributed by atoms with van der Waals surface area (Å²) >= 11 is 2.06. The van der Waals surface area contributed by atoms with E-state index < -0.39 is 0 Å². The van der Waals surface area contributed by atoms with Gasteiger partial charge < -0.3 is 10.6 Å². The molecule has 1 saturated heterocycles. The van der Waals surface area contributed by atoms with E-state index in [1.165, 1.54) is 30.2 Å². The SMILES string of the molecule is c1ccc(NCCC2CSCCN2)cc1. The highest BCUT2D eigenvalue weighted by molar-refractivity contribution is 7.99. The van der Waals surface area contributed by atoms with Crippen molar-refractivity contribution in [2.75, 3.05) is 29.9 Å². The summed E-state index contributed by atoms with van der Waals surface area (Å²) in [5, 5.41) is 6.99. The standard InChI is InChI=1S/C12H18N2S/c1-2-4-11(5-3-1)13-7-6-12-10-15-9-8-14-12/h1-5,12-14H,6-10H2. The molecule has 0 radical (unpaired) electrons. The van der Waals surface area contributed by atoms with E-state index >= 15 is 0 Å². The van der Waals surface area contributed by atoms with Gasteiger partial charge in [-0.3, -0.25) is 0 Å². The molecule has 0 aliphatic carbocycles. The molecule has 2 N–H and O–H groups in total. The van der Waals surface area contributed by atoms with Crippen molar-refractivity contribution in [3.8, 4) is 0 Å². The molecule has 0 bridgehead atoms. The first-order chi connectivity index (χ1) is 7.45. The number of benzene rings is 1. The van der Waals surface area contributed by atoms with E-state index in [9.17, 15) is 0 Å². The van der Waals surface area contributed by atoms with Gasteiger partial charge in [0, 0.05) is 36.3 Å². The average Bonchev–Trinajstić information content (AvgIpc) is 2.32. The van der Waals surface area contributed by atoms with Crippen molar-refractivity contribution >= 4 is 17.4 Å². The van der Waals surface area contributed by atoms with Crippen LogP contribution in [0.3, 0.4) is 0 Å². The number of hydrogen-bond acceptors (Lipinski definition) is 3. The summed E-state index contributed by atoms with van der Waals surface area (Å²) in [6, 6.07) is 11.1. The van der Waals surface area contributed by atoms with Crippen LogP contribution in [0.1, 0.15) is 6.42 Å². The zero-order valence-corrected chi connectivity index (χ0v) is 9.72. The molecule has 1 aromatic rings. The second-order valence-electron chi connectivity index (χ2n) is 3.81. The molecule has 2 nitrogen and oxygen atoms in total. The van der Waals surface area contributed by atoms with E-state index in [2.05, 4.69) is 46.7 Å². The Morgan fingerprint density at radius 2 is 2.20 bits per heavy atom. The maximum absolute atomic E-state index is 3.54. The van der Waals surface area contributed by atoms with Crippen LogP contribution in [0.5, 0.6) is 0 Å². The van der Waals surface area contributed by atoms with Gasteiger partial charge in [-0.1, -0.05) is 18.2 Å².